The third-order valence-electron chi connectivity index (χ3n) is 4.56. The maximum atomic E-state index is 12.3. The van der Waals surface area contributed by atoms with Gasteiger partial charge in [-0.3, -0.25) is 9.59 Å². The minimum absolute atomic E-state index is 0.0764. The summed E-state index contributed by atoms with van der Waals surface area (Å²) in [5.41, 5.74) is 2.10. The second-order valence-corrected chi connectivity index (χ2v) is 6.69. The molecule has 0 bridgehead atoms. The van der Waals surface area contributed by atoms with Gasteiger partial charge in [0.25, 0.3) is 0 Å². The number of fused-ring (bicyclic) bond motifs is 1. The highest BCUT2D eigenvalue weighted by molar-refractivity contribution is 5.77. The predicted molar refractivity (Wildman–Crippen MR) is 93.3 cm³/mol. The number of carbonyl (C=O) groups excluding carboxylic acids is 2. The first-order valence-corrected chi connectivity index (χ1v) is 8.96. The van der Waals surface area contributed by atoms with Gasteiger partial charge in [0.15, 0.2) is 0 Å². The van der Waals surface area contributed by atoms with E-state index < -0.39 is 0 Å². The maximum absolute atomic E-state index is 12.3. The van der Waals surface area contributed by atoms with Gasteiger partial charge >= 0.3 is 0 Å². The fourth-order valence-corrected chi connectivity index (χ4v) is 2.95. The SMILES string of the molecule is COCCC(=O)N1CCOc2ccc(CCC(=O)NC3CC3)cc2C1. The highest BCUT2D eigenvalue weighted by atomic mass is 16.5. The van der Waals surface area contributed by atoms with Crippen LogP contribution in [-0.2, 0) is 27.3 Å². The number of amides is 2. The minimum atomic E-state index is 0.0764. The molecule has 1 aromatic rings. The van der Waals surface area contributed by atoms with Gasteiger partial charge < -0.3 is 19.7 Å². The maximum Gasteiger partial charge on any atom is 0.225 e. The molecule has 0 saturated heterocycles. The second kappa shape index (κ2) is 8.34. The summed E-state index contributed by atoms with van der Waals surface area (Å²) in [5.74, 6) is 1.02. The Balaban J connectivity index is 1.60. The molecule has 1 aliphatic carbocycles. The summed E-state index contributed by atoms with van der Waals surface area (Å²) < 4.78 is 10.8. The van der Waals surface area contributed by atoms with Crippen molar-refractivity contribution in [3.63, 3.8) is 0 Å². The Labute approximate surface area is 148 Å². The van der Waals surface area contributed by atoms with E-state index in [9.17, 15) is 9.59 Å². The number of ether oxygens (including phenoxy) is 2. The number of nitrogens with zero attached hydrogens (tertiary/aromatic N) is 1. The van der Waals surface area contributed by atoms with Crippen LogP contribution in [0.25, 0.3) is 0 Å². The number of carbonyl (C=O) groups is 2. The second-order valence-electron chi connectivity index (χ2n) is 6.69. The number of methoxy groups -OCH3 is 1. The monoisotopic (exact) mass is 346 g/mol. The Bertz CT molecular complexity index is 628. The minimum Gasteiger partial charge on any atom is -0.491 e. The van der Waals surface area contributed by atoms with Crippen LogP contribution in [0.1, 0.15) is 36.8 Å². The molecular weight excluding hydrogens is 320 g/mol. The number of hydrogen-bond acceptors (Lipinski definition) is 4. The summed E-state index contributed by atoms with van der Waals surface area (Å²) in [6.07, 6.45) is 3.78. The van der Waals surface area contributed by atoms with Crippen molar-refractivity contribution in [2.75, 3.05) is 26.9 Å². The number of benzene rings is 1. The van der Waals surface area contributed by atoms with Crippen molar-refractivity contribution in [3.8, 4) is 5.75 Å². The Kier molecular flexibility index (Phi) is 5.91. The van der Waals surface area contributed by atoms with E-state index in [1.165, 1.54) is 0 Å². The Morgan fingerprint density at radius 3 is 2.92 bits per heavy atom. The third kappa shape index (κ3) is 5.19. The van der Waals surface area contributed by atoms with E-state index in [2.05, 4.69) is 11.4 Å². The molecule has 0 spiro atoms. The van der Waals surface area contributed by atoms with Crippen molar-refractivity contribution in [2.24, 2.45) is 0 Å². The van der Waals surface area contributed by atoms with Crippen molar-refractivity contribution in [2.45, 2.75) is 44.7 Å². The van der Waals surface area contributed by atoms with Gasteiger partial charge in [0.2, 0.25) is 11.8 Å². The molecule has 6 nitrogen and oxygen atoms in total. The average Bonchev–Trinajstić information content (AvgIpc) is 3.43. The van der Waals surface area contributed by atoms with Crippen LogP contribution in [0.3, 0.4) is 0 Å². The molecule has 1 fully saturated rings. The normalized spacial score (nSPS) is 16.6. The van der Waals surface area contributed by atoms with Crippen LogP contribution in [0.2, 0.25) is 0 Å². The molecule has 0 atom stereocenters. The molecule has 25 heavy (non-hydrogen) atoms. The van der Waals surface area contributed by atoms with Gasteiger partial charge in [-0.15, -0.1) is 0 Å². The van der Waals surface area contributed by atoms with E-state index in [0.29, 0.717) is 51.6 Å². The summed E-state index contributed by atoms with van der Waals surface area (Å²) in [7, 11) is 1.60. The van der Waals surface area contributed by atoms with Crippen LogP contribution in [0.4, 0.5) is 0 Å². The topological polar surface area (TPSA) is 67.9 Å². The zero-order valence-corrected chi connectivity index (χ0v) is 14.8. The first-order chi connectivity index (χ1) is 12.2. The van der Waals surface area contributed by atoms with Gasteiger partial charge in [-0.1, -0.05) is 12.1 Å². The quantitative estimate of drug-likeness (QED) is 0.815. The lowest BCUT2D eigenvalue weighted by atomic mass is 10.0. The lowest BCUT2D eigenvalue weighted by Crippen LogP contribution is -2.33. The van der Waals surface area contributed by atoms with Crippen LogP contribution in [0.5, 0.6) is 5.75 Å². The van der Waals surface area contributed by atoms with Gasteiger partial charge in [0.1, 0.15) is 12.4 Å². The summed E-state index contributed by atoms with van der Waals surface area (Å²) in [6, 6.07) is 6.42. The summed E-state index contributed by atoms with van der Waals surface area (Å²) in [5, 5.41) is 3.01. The molecule has 6 heteroatoms. The lowest BCUT2D eigenvalue weighted by Gasteiger charge is -2.19. The first kappa shape index (κ1) is 17.7. The van der Waals surface area contributed by atoms with Crippen molar-refractivity contribution < 1.29 is 19.1 Å². The van der Waals surface area contributed by atoms with Crippen LogP contribution < -0.4 is 10.1 Å². The van der Waals surface area contributed by atoms with E-state index in [-0.39, 0.29) is 11.8 Å². The number of aryl methyl sites for hydroxylation is 1. The fraction of sp³-hybridized carbons (Fsp3) is 0.579. The highest BCUT2D eigenvalue weighted by Crippen LogP contribution is 2.25. The van der Waals surface area contributed by atoms with Gasteiger partial charge in [-0.25, -0.2) is 0 Å². The van der Waals surface area contributed by atoms with E-state index >= 15 is 0 Å². The summed E-state index contributed by atoms with van der Waals surface area (Å²) >= 11 is 0. The molecule has 0 radical (unpaired) electrons. The van der Waals surface area contributed by atoms with Crippen LogP contribution in [-0.4, -0.2) is 49.6 Å². The van der Waals surface area contributed by atoms with Crippen molar-refractivity contribution in [1.29, 1.82) is 0 Å². The standard InChI is InChI=1S/C19H26N2O4/c1-24-10-8-19(23)21-9-11-25-17-6-2-14(12-15(17)13-21)3-7-18(22)20-16-4-5-16/h2,6,12,16H,3-5,7-11,13H2,1H3,(H,20,22). The Morgan fingerprint density at radius 2 is 2.16 bits per heavy atom. The molecule has 0 aromatic heterocycles. The zero-order chi connectivity index (χ0) is 17.6. The number of rotatable bonds is 7. The Morgan fingerprint density at radius 1 is 1.32 bits per heavy atom. The third-order valence-corrected chi connectivity index (χ3v) is 4.56. The van der Waals surface area contributed by atoms with Crippen LogP contribution in [0, 0.1) is 0 Å². The smallest absolute Gasteiger partial charge is 0.225 e. The fourth-order valence-electron chi connectivity index (χ4n) is 2.95. The van der Waals surface area contributed by atoms with E-state index in [1.807, 2.05) is 17.0 Å². The van der Waals surface area contributed by atoms with Gasteiger partial charge in [-0.2, -0.15) is 0 Å². The average molecular weight is 346 g/mol. The molecule has 1 heterocycles. The van der Waals surface area contributed by atoms with Crippen molar-refractivity contribution in [1.82, 2.24) is 10.2 Å². The largest absolute Gasteiger partial charge is 0.491 e. The van der Waals surface area contributed by atoms with Crippen LogP contribution in [0.15, 0.2) is 18.2 Å². The first-order valence-electron chi connectivity index (χ1n) is 8.96. The summed E-state index contributed by atoms with van der Waals surface area (Å²) in [4.78, 5) is 25.9. The van der Waals surface area contributed by atoms with Crippen LogP contribution >= 0.6 is 0 Å². The molecular formula is C19H26N2O4. The van der Waals surface area contributed by atoms with E-state index in [0.717, 1.165) is 29.7 Å². The summed E-state index contributed by atoms with van der Waals surface area (Å²) in [6.45, 7) is 2.05. The molecule has 2 amide bonds. The molecule has 2 aliphatic rings. The zero-order valence-electron chi connectivity index (χ0n) is 14.8. The van der Waals surface area contributed by atoms with E-state index in [4.69, 9.17) is 9.47 Å². The molecule has 1 aliphatic heterocycles. The predicted octanol–water partition coefficient (Wildman–Crippen LogP) is 1.66. The highest BCUT2D eigenvalue weighted by Gasteiger charge is 2.23. The number of nitrogens with one attached hydrogen (secondary N) is 1. The van der Waals surface area contributed by atoms with Gasteiger partial charge in [0.05, 0.1) is 19.6 Å². The van der Waals surface area contributed by atoms with Gasteiger partial charge in [0, 0.05) is 31.7 Å². The van der Waals surface area contributed by atoms with Crippen molar-refractivity contribution in [3.05, 3.63) is 29.3 Å². The van der Waals surface area contributed by atoms with E-state index in [1.54, 1.807) is 7.11 Å². The molecule has 0 unspecified atom stereocenters. The molecule has 1 saturated carbocycles. The van der Waals surface area contributed by atoms with Crippen molar-refractivity contribution >= 4 is 11.8 Å². The molecule has 136 valence electrons. The lowest BCUT2D eigenvalue weighted by molar-refractivity contribution is -0.132. The molecule has 3 rings (SSSR count). The van der Waals surface area contributed by atoms with Gasteiger partial charge in [-0.05, 0) is 30.9 Å². The Hall–Kier alpha value is -2.08. The molecule has 1 N–H and O–H groups in total. The number of hydrogen-bond donors (Lipinski definition) is 1. The molecule has 1 aromatic carbocycles.